The third-order valence-corrected chi connectivity index (χ3v) is 2.76. The summed E-state index contributed by atoms with van der Waals surface area (Å²) in [4.78, 5) is 8.04. The van der Waals surface area contributed by atoms with Crippen molar-refractivity contribution >= 4 is 11.9 Å². The Morgan fingerprint density at radius 1 is 1.12 bits per heavy atom. The Bertz CT molecular complexity index is 278. The van der Waals surface area contributed by atoms with Gasteiger partial charge in [-0.3, -0.25) is 10.3 Å². The lowest BCUT2D eigenvalue weighted by atomic mass is 10.1. The van der Waals surface area contributed by atoms with Crippen LogP contribution in [0.5, 0.6) is 0 Å². The van der Waals surface area contributed by atoms with Crippen LogP contribution in [-0.2, 0) is 0 Å². The molecule has 0 unspecified atom stereocenters. The van der Waals surface area contributed by atoms with Crippen LogP contribution in [0.2, 0.25) is 0 Å². The molecule has 0 aliphatic carbocycles. The van der Waals surface area contributed by atoms with Crippen LogP contribution in [0.25, 0.3) is 0 Å². The minimum atomic E-state index is -0.0525. The smallest absolute Gasteiger partial charge is 0.221 e. The normalized spacial score (nSPS) is 18.3. The third kappa shape index (κ3) is 3.37. The van der Waals surface area contributed by atoms with Gasteiger partial charge in [-0.25, -0.2) is 0 Å². The van der Waals surface area contributed by atoms with E-state index in [-0.39, 0.29) is 17.5 Å². The number of aliphatic imine (C=N–C) groups is 1. The van der Waals surface area contributed by atoms with E-state index in [1.807, 2.05) is 4.90 Å². The van der Waals surface area contributed by atoms with Gasteiger partial charge in [-0.1, -0.05) is 0 Å². The van der Waals surface area contributed by atoms with Gasteiger partial charge in [0.1, 0.15) is 0 Å². The number of guanidine groups is 2. The predicted molar refractivity (Wildman–Crippen MR) is 66.4 cm³/mol. The van der Waals surface area contributed by atoms with Gasteiger partial charge in [0.05, 0.1) is 0 Å². The molecule has 0 saturated carbocycles. The van der Waals surface area contributed by atoms with Crippen LogP contribution in [0.4, 0.5) is 0 Å². The van der Waals surface area contributed by atoms with E-state index in [9.17, 15) is 0 Å². The maximum Gasteiger partial charge on any atom is 0.221 e. The maximum absolute atomic E-state index is 7.70. The number of rotatable bonds is 0. The van der Waals surface area contributed by atoms with E-state index in [0.29, 0.717) is 0 Å². The molecule has 1 aliphatic rings. The minimum absolute atomic E-state index is 0.0525. The summed E-state index contributed by atoms with van der Waals surface area (Å²) in [6.45, 7) is 10.1. The highest BCUT2D eigenvalue weighted by Gasteiger charge is 2.26. The molecule has 0 aromatic rings. The minimum Gasteiger partial charge on any atom is -0.370 e. The van der Waals surface area contributed by atoms with Gasteiger partial charge in [0.2, 0.25) is 5.96 Å². The highest BCUT2D eigenvalue weighted by atomic mass is 15.3. The summed E-state index contributed by atoms with van der Waals surface area (Å²) in [7, 11) is 0. The van der Waals surface area contributed by atoms with Gasteiger partial charge in [-0.2, -0.15) is 4.99 Å². The topological polar surface area (TPSA) is 94.7 Å². The van der Waals surface area contributed by atoms with E-state index >= 15 is 0 Å². The highest BCUT2D eigenvalue weighted by molar-refractivity contribution is 5.91. The van der Waals surface area contributed by atoms with Crippen molar-refractivity contribution in [3.8, 4) is 0 Å². The second-order valence-corrected chi connectivity index (χ2v) is 5.01. The number of hydrogen-bond donors (Lipinski definition) is 3. The zero-order chi connectivity index (χ0) is 12.3. The quantitative estimate of drug-likeness (QED) is 0.387. The van der Waals surface area contributed by atoms with E-state index in [0.717, 1.165) is 26.2 Å². The van der Waals surface area contributed by atoms with Crippen LogP contribution >= 0.6 is 0 Å². The van der Waals surface area contributed by atoms with Crippen LogP contribution < -0.4 is 11.5 Å². The van der Waals surface area contributed by atoms with Crippen molar-refractivity contribution in [2.75, 3.05) is 26.2 Å². The van der Waals surface area contributed by atoms with Crippen molar-refractivity contribution in [2.45, 2.75) is 26.3 Å². The van der Waals surface area contributed by atoms with E-state index in [1.165, 1.54) is 0 Å². The van der Waals surface area contributed by atoms with Crippen molar-refractivity contribution in [1.29, 1.82) is 5.41 Å². The Morgan fingerprint density at radius 2 is 1.62 bits per heavy atom. The first-order valence-corrected chi connectivity index (χ1v) is 5.49. The van der Waals surface area contributed by atoms with E-state index in [4.69, 9.17) is 16.9 Å². The molecule has 0 bridgehead atoms. The Balaban J connectivity index is 2.50. The Kier molecular flexibility index (Phi) is 3.74. The summed E-state index contributed by atoms with van der Waals surface area (Å²) in [5, 5.41) is 7.70. The van der Waals surface area contributed by atoms with Crippen LogP contribution in [0.3, 0.4) is 0 Å². The van der Waals surface area contributed by atoms with Crippen molar-refractivity contribution in [3.63, 3.8) is 0 Å². The number of nitrogens with two attached hydrogens (primary N) is 2. The molecule has 0 radical (unpaired) electrons. The number of nitrogens with one attached hydrogen (secondary N) is 1. The molecule has 1 fully saturated rings. The average molecular weight is 226 g/mol. The average Bonchev–Trinajstić information content (AvgIpc) is 2.15. The first-order chi connectivity index (χ1) is 7.30. The van der Waals surface area contributed by atoms with Crippen molar-refractivity contribution in [2.24, 2.45) is 16.5 Å². The highest BCUT2D eigenvalue weighted by Crippen LogP contribution is 2.15. The molecule has 0 aromatic heterocycles. The van der Waals surface area contributed by atoms with Gasteiger partial charge in [0, 0.05) is 31.7 Å². The van der Waals surface area contributed by atoms with Gasteiger partial charge < -0.3 is 16.4 Å². The van der Waals surface area contributed by atoms with Gasteiger partial charge in [-0.15, -0.1) is 0 Å². The van der Waals surface area contributed by atoms with Crippen molar-refractivity contribution < 1.29 is 0 Å². The lowest BCUT2D eigenvalue weighted by Gasteiger charge is -2.42. The molecule has 6 nitrogen and oxygen atoms in total. The first-order valence-electron chi connectivity index (χ1n) is 5.49. The van der Waals surface area contributed by atoms with Crippen LogP contribution in [0.1, 0.15) is 20.8 Å². The largest absolute Gasteiger partial charge is 0.370 e. The summed E-state index contributed by atoms with van der Waals surface area (Å²) in [5.41, 5.74) is 10.7. The first kappa shape index (κ1) is 12.8. The molecule has 0 spiro atoms. The Morgan fingerprint density at radius 3 is 2.00 bits per heavy atom. The number of nitrogens with zero attached hydrogens (tertiary/aromatic N) is 3. The van der Waals surface area contributed by atoms with Gasteiger partial charge in [0.15, 0.2) is 5.96 Å². The summed E-state index contributed by atoms with van der Waals surface area (Å²) in [6.07, 6.45) is 0. The Hall–Kier alpha value is -1.30. The lowest BCUT2D eigenvalue weighted by Crippen LogP contribution is -2.54. The van der Waals surface area contributed by atoms with Crippen LogP contribution in [0.15, 0.2) is 4.99 Å². The predicted octanol–water partition coefficient (Wildman–Crippen LogP) is -0.389. The van der Waals surface area contributed by atoms with Gasteiger partial charge in [0.25, 0.3) is 0 Å². The van der Waals surface area contributed by atoms with Gasteiger partial charge in [-0.05, 0) is 20.8 Å². The van der Waals surface area contributed by atoms with E-state index in [2.05, 4.69) is 30.7 Å². The number of hydrogen-bond acceptors (Lipinski definition) is 2. The monoisotopic (exact) mass is 226 g/mol. The summed E-state index contributed by atoms with van der Waals surface area (Å²) >= 11 is 0. The lowest BCUT2D eigenvalue weighted by molar-refractivity contribution is 0.0876. The third-order valence-electron chi connectivity index (χ3n) is 2.76. The van der Waals surface area contributed by atoms with Crippen LogP contribution in [-0.4, -0.2) is 53.4 Å². The van der Waals surface area contributed by atoms with E-state index in [1.54, 1.807) is 0 Å². The Labute approximate surface area is 96.8 Å². The zero-order valence-corrected chi connectivity index (χ0v) is 10.3. The SMILES string of the molecule is CC(C)(C)N1CCN(C(=N)N=C(N)N)CC1. The fourth-order valence-electron chi connectivity index (χ4n) is 1.78. The fraction of sp³-hybridized carbons (Fsp3) is 0.800. The fourth-order valence-corrected chi connectivity index (χ4v) is 1.78. The second kappa shape index (κ2) is 4.69. The molecular weight excluding hydrogens is 204 g/mol. The second-order valence-electron chi connectivity index (χ2n) is 5.01. The van der Waals surface area contributed by atoms with Crippen molar-refractivity contribution in [1.82, 2.24) is 9.80 Å². The van der Waals surface area contributed by atoms with Gasteiger partial charge >= 0.3 is 0 Å². The van der Waals surface area contributed by atoms with E-state index < -0.39 is 0 Å². The van der Waals surface area contributed by atoms with Crippen molar-refractivity contribution in [3.05, 3.63) is 0 Å². The molecule has 16 heavy (non-hydrogen) atoms. The summed E-state index contributed by atoms with van der Waals surface area (Å²) in [5.74, 6) is 0.108. The summed E-state index contributed by atoms with van der Waals surface area (Å²) in [6, 6.07) is 0. The molecule has 0 atom stereocenters. The molecule has 1 saturated heterocycles. The molecule has 5 N–H and O–H groups in total. The van der Waals surface area contributed by atoms with Crippen LogP contribution in [0, 0.1) is 5.41 Å². The molecule has 92 valence electrons. The summed E-state index contributed by atoms with van der Waals surface area (Å²) < 4.78 is 0. The molecule has 1 aliphatic heterocycles. The zero-order valence-electron chi connectivity index (χ0n) is 10.3. The molecular formula is C10H22N6. The molecule has 0 aromatic carbocycles. The standard InChI is InChI=1S/C10H22N6/c1-10(2,3)16-6-4-15(5-7-16)9(13)14-8(11)12/h4-7H2,1-3H3,(H5,11,12,13,14). The molecule has 6 heteroatoms. The maximum atomic E-state index is 7.70. The molecule has 1 rings (SSSR count). The molecule has 1 heterocycles. The molecule has 0 amide bonds. The number of piperazine rings is 1.